The van der Waals surface area contributed by atoms with Gasteiger partial charge in [-0.1, -0.05) is 18.2 Å². The number of nitrogens with one attached hydrogen (secondary N) is 2. The van der Waals surface area contributed by atoms with Crippen molar-refractivity contribution in [3.8, 4) is 17.2 Å². The highest BCUT2D eigenvalue weighted by Crippen LogP contribution is 2.30. The van der Waals surface area contributed by atoms with Crippen molar-refractivity contribution in [2.24, 2.45) is 4.99 Å². The second-order valence-electron chi connectivity index (χ2n) is 6.93. The Labute approximate surface area is 197 Å². The van der Waals surface area contributed by atoms with Crippen LogP contribution < -0.4 is 20.1 Å². The van der Waals surface area contributed by atoms with Gasteiger partial charge in [0.25, 0.3) is 0 Å². The molecular weight excluding hydrogens is 512 g/mol. The zero-order valence-electron chi connectivity index (χ0n) is 17.3. The molecule has 2 heterocycles. The van der Waals surface area contributed by atoms with E-state index in [0.29, 0.717) is 31.3 Å². The third kappa shape index (κ3) is 5.46. The molecule has 0 spiro atoms. The first kappa shape index (κ1) is 22.9. The fraction of sp³-hybridized carbons (Fsp3) is 0.273. The van der Waals surface area contributed by atoms with E-state index in [-0.39, 0.29) is 35.9 Å². The number of ether oxygens (including phenoxy) is 2. The van der Waals surface area contributed by atoms with Gasteiger partial charge in [0.15, 0.2) is 17.5 Å². The zero-order chi connectivity index (χ0) is 20.9. The van der Waals surface area contributed by atoms with Crippen LogP contribution in [0.2, 0.25) is 0 Å². The van der Waals surface area contributed by atoms with E-state index in [9.17, 15) is 4.39 Å². The fourth-order valence-electron chi connectivity index (χ4n) is 3.27. The van der Waals surface area contributed by atoms with Gasteiger partial charge in [0, 0.05) is 26.0 Å². The minimum absolute atomic E-state index is 0. The fourth-order valence-corrected chi connectivity index (χ4v) is 3.27. The lowest BCUT2D eigenvalue weighted by atomic mass is 10.2. The molecule has 1 atom stereocenters. The number of halogens is 2. The number of hydrogen-bond donors (Lipinski definition) is 2. The summed E-state index contributed by atoms with van der Waals surface area (Å²) in [5, 5.41) is 6.42. The van der Waals surface area contributed by atoms with Crippen LogP contribution in [0.4, 0.5) is 4.39 Å². The van der Waals surface area contributed by atoms with Crippen LogP contribution in [0.5, 0.6) is 11.5 Å². The van der Waals surface area contributed by atoms with E-state index in [4.69, 9.17) is 9.47 Å². The molecule has 2 aromatic carbocycles. The van der Waals surface area contributed by atoms with E-state index < -0.39 is 0 Å². The summed E-state index contributed by atoms with van der Waals surface area (Å²) in [6.07, 6.45) is 3.26. The Morgan fingerprint density at radius 2 is 2.03 bits per heavy atom. The van der Waals surface area contributed by atoms with E-state index in [1.807, 2.05) is 37.3 Å². The third-order valence-electron chi connectivity index (χ3n) is 4.85. The van der Waals surface area contributed by atoms with Crippen LogP contribution in [0, 0.1) is 12.7 Å². The van der Waals surface area contributed by atoms with Crippen LogP contribution >= 0.6 is 24.0 Å². The van der Waals surface area contributed by atoms with Crippen LogP contribution in [0.15, 0.2) is 59.9 Å². The summed E-state index contributed by atoms with van der Waals surface area (Å²) in [4.78, 5) is 8.36. The quantitative estimate of drug-likeness (QED) is 0.297. The molecule has 1 aromatic heterocycles. The summed E-state index contributed by atoms with van der Waals surface area (Å²) >= 11 is 0. The normalized spacial score (nSPS) is 15.2. The highest BCUT2D eigenvalue weighted by Gasteiger charge is 2.20. The number of guanidine groups is 1. The zero-order valence-corrected chi connectivity index (χ0v) is 19.7. The number of aromatic nitrogens is 2. The molecule has 0 saturated heterocycles. The summed E-state index contributed by atoms with van der Waals surface area (Å²) in [6.45, 7) is 3.26. The predicted octanol–water partition coefficient (Wildman–Crippen LogP) is 3.44. The molecule has 0 fully saturated rings. The van der Waals surface area contributed by atoms with E-state index in [0.717, 1.165) is 22.9 Å². The minimum Gasteiger partial charge on any atom is -0.486 e. The predicted molar refractivity (Wildman–Crippen MR) is 128 cm³/mol. The van der Waals surface area contributed by atoms with Crippen molar-refractivity contribution in [1.29, 1.82) is 0 Å². The van der Waals surface area contributed by atoms with Gasteiger partial charge in [-0.2, -0.15) is 0 Å². The van der Waals surface area contributed by atoms with Crippen molar-refractivity contribution in [2.45, 2.75) is 19.6 Å². The third-order valence-corrected chi connectivity index (χ3v) is 4.85. The molecule has 4 rings (SSSR count). The van der Waals surface area contributed by atoms with Crippen molar-refractivity contribution in [1.82, 2.24) is 20.2 Å². The first-order chi connectivity index (χ1) is 14.6. The molecule has 1 unspecified atom stereocenters. The molecule has 7 nitrogen and oxygen atoms in total. The van der Waals surface area contributed by atoms with Gasteiger partial charge in [0.05, 0.1) is 12.2 Å². The lowest BCUT2D eigenvalue weighted by Crippen LogP contribution is -2.45. The highest BCUT2D eigenvalue weighted by molar-refractivity contribution is 14.0. The molecule has 3 aromatic rings. The topological polar surface area (TPSA) is 72.7 Å². The van der Waals surface area contributed by atoms with E-state index >= 15 is 0 Å². The summed E-state index contributed by atoms with van der Waals surface area (Å²) in [7, 11) is 1.69. The first-order valence-corrected chi connectivity index (χ1v) is 9.76. The molecular formula is C22H25FIN5O2. The Kier molecular flexibility index (Phi) is 7.72. The molecule has 0 bridgehead atoms. The lowest BCUT2D eigenvalue weighted by molar-refractivity contribution is 0.0936. The number of rotatable bonds is 5. The largest absolute Gasteiger partial charge is 0.486 e. The van der Waals surface area contributed by atoms with Gasteiger partial charge in [-0.05, 0) is 36.8 Å². The second kappa shape index (κ2) is 10.5. The highest BCUT2D eigenvalue weighted by atomic mass is 127. The maximum absolute atomic E-state index is 14.6. The molecule has 0 amide bonds. The van der Waals surface area contributed by atoms with E-state index in [1.54, 1.807) is 30.1 Å². The van der Waals surface area contributed by atoms with Crippen molar-refractivity contribution in [3.63, 3.8) is 0 Å². The van der Waals surface area contributed by atoms with E-state index in [1.165, 1.54) is 6.07 Å². The van der Waals surface area contributed by atoms with Crippen LogP contribution in [-0.4, -0.2) is 41.8 Å². The second-order valence-corrected chi connectivity index (χ2v) is 6.93. The number of fused-ring (bicyclic) bond motifs is 1. The van der Waals surface area contributed by atoms with Gasteiger partial charge >= 0.3 is 0 Å². The molecule has 164 valence electrons. The molecule has 0 radical (unpaired) electrons. The molecule has 9 heteroatoms. The van der Waals surface area contributed by atoms with Crippen molar-refractivity contribution < 1.29 is 13.9 Å². The average Bonchev–Trinajstić information content (AvgIpc) is 3.19. The SMILES string of the molecule is CN=C(NCc1ccc(-n2ccnc2C)c(F)c1)NCC1COc2ccccc2O1.I. The smallest absolute Gasteiger partial charge is 0.191 e. The molecule has 1 aliphatic rings. The Morgan fingerprint density at radius 3 is 2.74 bits per heavy atom. The Balaban J connectivity index is 0.00000272. The average molecular weight is 537 g/mol. The van der Waals surface area contributed by atoms with Crippen molar-refractivity contribution >= 4 is 29.9 Å². The van der Waals surface area contributed by atoms with Crippen molar-refractivity contribution in [2.75, 3.05) is 20.2 Å². The summed E-state index contributed by atoms with van der Waals surface area (Å²) < 4.78 is 27.9. The number of nitrogens with zero attached hydrogens (tertiary/aromatic N) is 3. The molecule has 2 N–H and O–H groups in total. The lowest BCUT2D eigenvalue weighted by Gasteiger charge is -2.27. The van der Waals surface area contributed by atoms with E-state index in [2.05, 4.69) is 20.6 Å². The number of aryl methyl sites for hydroxylation is 1. The van der Waals surface area contributed by atoms with Gasteiger partial charge in [-0.25, -0.2) is 9.37 Å². The number of aliphatic imine (C=N–C) groups is 1. The Bertz CT molecular complexity index is 1060. The monoisotopic (exact) mass is 537 g/mol. The van der Waals surface area contributed by atoms with Gasteiger partial charge in [0.2, 0.25) is 0 Å². The molecule has 1 aliphatic heterocycles. The van der Waals surface area contributed by atoms with Crippen LogP contribution in [0.3, 0.4) is 0 Å². The van der Waals surface area contributed by atoms with Gasteiger partial charge in [-0.3, -0.25) is 4.99 Å². The number of imidazole rings is 1. The van der Waals surface area contributed by atoms with Crippen LogP contribution in [0.1, 0.15) is 11.4 Å². The minimum atomic E-state index is -0.301. The number of para-hydroxylation sites is 2. The molecule has 0 saturated carbocycles. The van der Waals surface area contributed by atoms with Crippen LogP contribution in [0.25, 0.3) is 5.69 Å². The van der Waals surface area contributed by atoms with Gasteiger partial charge in [0.1, 0.15) is 24.4 Å². The van der Waals surface area contributed by atoms with Crippen molar-refractivity contribution in [3.05, 3.63) is 72.1 Å². The molecule has 0 aliphatic carbocycles. The number of hydrogen-bond acceptors (Lipinski definition) is 4. The Morgan fingerprint density at radius 1 is 1.23 bits per heavy atom. The van der Waals surface area contributed by atoms with Gasteiger partial charge < -0.3 is 24.7 Å². The summed E-state index contributed by atoms with van der Waals surface area (Å²) in [5.74, 6) is 2.54. The summed E-state index contributed by atoms with van der Waals surface area (Å²) in [5.41, 5.74) is 1.29. The first-order valence-electron chi connectivity index (χ1n) is 9.76. The maximum atomic E-state index is 14.6. The summed E-state index contributed by atoms with van der Waals surface area (Å²) in [6, 6.07) is 12.8. The Hall–Kier alpha value is -2.82. The van der Waals surface area contributed by atoms with Crippen LogP contribution in [-0.2, 0) is 6.54 Å². The number of benzene rings is 2. The maximum Gasteiger partial charge on any atom is 0.191 e. The molecule has 31 heavy (non-hydrogen) atoms. The van der Waals surface area contributed by atoms with Gasteiger partial charge in [-0.15, -0.1) is 24.0 Å². The standard InChI is InChI=1S/C22H24FN5O2.HI/c1-15-25-9-10-28(15)19-8-7-16(11-18(19)23)12-26-22(24-2)27-13-17-14-29-20-5-3-4-6-21(20)30-17;/h3-11,17H,12-14H2,1-2H3,(H2,24,26,27);1H.